The predicted octanol–water partition coefficient (Wildman–Crippen LogP) is 27.4. The van der Waals surface area contributed by atoms with E-state index in [0.29, 0.717) is 34.9 Å². The Bertz CT molecular complexity index is 6290. The maximum absolute atomic E-state index is 5.09. The van der Waals surface area contributed by atoms with Gasteiger partial charge in [0, 0.05) is 33.4 Å². The Balaban J connectivity index is 0.000000157. The fourth-order valence-electron chi connectivity index (χ4n) is 16.7. The number of aromatic nitrogens is 6. The van der Waals surface area contributed by atoms with E-state index in [-0.39, 0.29) is 21.7 Å². The van der Waals surface area contributed by atoms with Gasteiger partial charge in [0.15, 0.2) is 34.9 Å². The van der Waals surface area contributed by atoms with Crippen LogP contribution in [-0.2, 0) is 21.7 Å². The highest BCUT2D eigenvalue weighted by Gasteiger charge is 2.47. The smallest absolute Gasteiger partial charge is 0.164 e. The van der Waals surface area contributed by atoms with Crippen LogP contribution in [0, 0.1) is 0 Å². The van der Waals surface area contributed by atoms with Gasteiger partial charge in [0.05, 0.1) is 0 Å². The van der Waals surface area contributed by atoms with Crippen molar-refractivity contribution in [3.63, 3.8) is 0 Å². The Labute approximate surface area is 657 Å². The maximum atomic E-state index is 5.09. The normalized spacial score (nSPS) is 13.8. The molecule has 19 rings (SSSR count). The second kappa shape index (κ2) is 28.5. The summed E-state index contributed by atoms with van der Waals surface area (Å²) in [4.78, 5) is 30.0. The van der Waals surface area contributed by atoms with Gasteiger partial charge in [-0.1, -0.05) is 371 Å². The number of benzene rings is 15. The summed E-state index contributed by atoms with van der Waals surface area (Å²) in [6, 6.07) is 130. The summed E-state index contributed by atoms with van der Waals surface area (Å²) >= 11 is 0. The number of nitrogens with zero attached hydrogens (tertiary/aromatic N) is 6. The van der Waals surface area contributed by atoms with Gasteiger partial charge in [-0.3, -0.25) is 0 Å². The van der Waals surface area contributed by atoms with Crippen molar-refractivity contribution in [1.29, 1.82) is 0 Å². The largest absolute Gasteiger partial charge is 0.208 e. The zero-order chi connectivity index (χ0) is 76.3. The molecule has 2 aliphatic carbocycles. The van der Waals surface area contributed by atoms with Crippen LogP contribution in [0.1, 0.15) is 77.6 Å². The van der Waals surface area contributed by atoms with Crippen LogP contribution in [0.25, 0.3) is 168 Å². The molecule has 112 heavy (non-hydrogen) atoms. The van der Waals surface area contributed by atoms with Crippen molar-refractivity contribution < 1.29 is 0 Å². The van der Waals surface area contributed by atoms with Crippen molar-refractivity contribution in [1.82, 2.24) is 29.9 Å². The number of hydrogen-bond donors (Lipinski definition) is 0. The lowest BCUT2D eigenvalue weighted by atomic mass is 9.55. The highest BCUT2D eigenvalue weighted by atomic mass is 15.0. The van der Waals surface area contributed by atoms with E-state index in [4.69, 9.17) is 29.9 Å². The number of rotatable bonds is 12. The van der Waals surface area contributed by atoms with E-state index < -0.39 is 0 Å². The minimum Gasteiger partial charge on any atom is -0.208 e. The molecule has 0 amide bonds. The molecule has 0 bridgehead atoms. The first kappa shape index (κ1) is 70.3. The fraction of sp³-hybridized carbons (Fsp3) is 0.113. The molecule has 0 radical (unpaired) electrons. The van der Waals surface area contributed by atoms with Crippen LogP contribution in [0.3, 0.4) is 0 Å². The van der Waals surface area contributed by atoms with Crippen molar-refractivity contribution >= 4 is 10.8 Å². The zero-order valence-electron chi connectivity index (χ0n) is 64.3. The van der Waals surface area contributed by atoms with Crippen LogP contribution in [0.15, 0.2) is 364 Å². The second-order valence-corrected chi connectivity index (χ2v) is 31.8. The fourth-order valence-corrected chi connectivity index (χ4v) is 16.7. The van der Waals surface area contributed by atoms with Gasteiger partial charge in [0.1, 0.15) is 0 Å². The summed E-state index contributed by atoms with van der Waals surface area (Å²) in [6.07, 6.45) is 0. The Morgan fingerprint density at radius 2 is 0.384 bits per heavy atom. The molecular weight excluding hydrogens is 1360 g/mol. The van der Waals surface area contributed by atoms with Crippen molar-refractivity contribution in [3.05, 3.63) is 386 Å². The lowest BCUT2D eigenvalue weighted by Crippen LogP contribution is -2.43. The molecule has 538 valence electrons. The average molecular weight is 1440 g/mol. The third-order valence-corrected chi connectivity index (χ3v) is 24.4. The van der Waals surface area contributed by atoms with Crippen LogP contribution in [0.5, 0.6) is 0 Å². The van der Waals surface area contributed by atoms with Crippen LogP contribution >= 0.6 is 0 Å². The molecule has 0 fully saturated rings. The van der Waals surface area contributed by atoms with E-state index in [2.05, 4.69) is 322 Å². The van der Waals surface area contributed by atoms with Crippen molar-refractivity contribution in [2.45, 2.75) is 77.0 Å². The molecule has 0 saturated heterocycles. The summed E-state index contributed by atoms with van der Waals surface area (Å²) in [6.45, 7) is 19.2. The Morgan fingerprint density at radius 3 is 0.777 bits per heavy atom. The molecule has 2 heterocycles. The molecule has 2 aliphatic rings. The minimum atomic E-state index is -0.137. The van der Waals surface area contributed by atoms with E-state index in [9.17, 15) is 0 Å². The van der Waals surface area contributed by atoms with Gasteiger partial charge in [-0.05, 0) is 192 Å². The molecule has 2 aromatic heterocycles. The Hall–Kier alpha value is -13.4. The van der Waals surface area contributed by atoms with Crippen LogP contribution in [-0.4, -0.2) is 29.9 Å². The maximum Gasteiger partial charge on any atom is 0.164 e. The summed E-state index contributed by atoms with van der Waals surface area (Å²) in [5, 5.41) is 2.27. The summed E-state index contributed by atoms with van der Waals surface area (Å²) in [7, 11) is 0. The molecule has 0 aliphatic heterocycles. The van der Waals surface area contributed by atoms with Gasteiger partial charge in [0.25, 0.3) is 0 Å². The van der Waals surface area contributed by atoms with Gasteiger partial charge in [0.2, 0.25) is 0 Å². The van der Waals surface area contributed by atoms with Crippen LogP contribution in [0.4, 0.5) is 0 Å². The topological polar surface area (TPSA) is 77.3 Å². The molecule has 0 unspecified atom stereocenters. The molecule has 0 saturated carbocycles. The third kappa shape index (κ3) is 12.8. The standard InChI is InChI=1S/C55H43N3.C51H41N3/c1-54(2)49-32-28-41(40-24-16-23-39(33-40)36-17-8-5-9-18-36)34-48(49)46-29-27-42(35-50(46)55(54,3)4)43-30-31-47(45-26-15-14-25-44(43)45)53-57-51(37-19-10-6-11-20-37)56-52(58-53)38-21-12-7-13-22-38;1-50(2)45-29-27-40(38-23-14-22-37(30-38)34-16-8-5-9-17-34)32-44(45)43-28-26-41(33-46(43)51(50,3)4)39-24-15-25-42(31-39)49-53-47(35-18-10-6-11-19-35)52-48(54-49)36-20-12-7-13-21-36/h5-35H,1-4H3;5-33H,1-4H3. The first-order chi connectivity index (χ1) is 54.5. The molecule has 0 atom stereocenters. The lowest BCUT2D eigenvalue weighted by molar-refractivity contribution is 0.299. The van der Waals surface area contributed by atoms with E-state index in [1.54, 1.807) is 0 Å². The summed E-state index contributed by atoms with van der Waals surface area (Å²) in [5.74, 6) is 3.95. The van der Waals surface area contributed by atoms with Gasteiger partial charge < -0.3 is 0 Å². The van der Waals surface area contributed by atoms with Gasteiger partial charge >= 0.3 is 0 Å². The Kier molecular flexibility index (Phi) is 17.9. The highest BCUT2D eigenvalue weighted by Crippen LogP contribution is 2.57. The third-order valence-electron chi connectivity index (χ3n) is 24.4. The van der Waals surface area contributed by atoms with Crippen molar-refractivity contribution in [2.75, 3.05) is 0 Å². The summed E-state index contributed by atoms with van der Waals surface area (Å²) < 4.78 is 0. The molecule has 6 heteroatoms. The quantitative estimate of drug-likeness (QED) is 0.121. The van der Waals surface area contributed by atoms with Crippen LogP contribution < -0.4 is 0 Å². The van der Waals surface area contributed by atoms with Crippen molar-refractivity contribution in [2.24, 2.45) is 0 Å². The van der Waals surface area contributed by atoms with E-state index in [0.717, 1.165) is 49.7 Å². The monoisotopic (exact) mass is 1440 g/mol. The minimum absolute atomic E-state index is 0.104. The molecule has 17 aromatic rings. The summed E-state index contributed by atoms with van der Waals surface area (Å²) in [5.41, 5.74) is 30.5. The second-order valence-electron chi connectivity index (χ2n) is 31.8. The van der Waals surface area contributed by atoms with Crippen molar-refractivity contribution in [3.8, 4) is 157 Å². The predicted molar refractivity (Wildman–Crippen MR) is 465 cm³/mol. The number of fused-ring (bicyclic) bond motifs is 7. The molecule has 0 spiro atoms. The lowest BCUT2D eigenvalue weighted by Gasteiger charge is -2.48. The first-order valence-corrected chi connectivity index (χ1v) is 38.8. The highest BCUT2D eigenvalue weighted by molar-refractivity contribution is 6.05. The Morgan fingerprint density at radius 1 is 0.143 bits per heavy atom. The number of hydrogen-bond acceptors (Lipinski definition) is 6. The molecule has 0 N–H and O–H groups in total. The van der Waals surface area contributed by atoms with Gasteiger partial charge in [-0.15, -0.1) is 0 Å². The van der Waals surface area contributed by atoms with Crippen LogP contribution in [0.2, 0.25) is 0 Å². The van der Waals surface area contributed by atoms with E-state index in [1.165, 1.54) is 106 Å². The molecule has 15 aromatic carbocycles. The van der Waals surface area contributed by atoms with E-state index in [1.807, 2.05) is 97.1 Å². The van der Waals surface area contributed by atoms with Gasteiger partial charge in [-0.25, -0.2) is 29.9 Å². The molecular formula is C106H84N6. The van der Waals surface area contributed by atoms with Gasteiger partial charge in [-0.2, -0.15) is 0 Å². The first-order valence-electron chi connectivity index (χ1n) is 38.8. The SMILES string of the molecule is CC1(C)c2ccc(-c3cccc(-c4ccccc4)c3)cc2-c2ccc(-c3ccc(-c4nc(-c5ccccc5)nc(-c5ccccc5)n4)c4ccccc34)cc2C1(C)C.CC1(C)c2ccc(-c3cccc(-c4ccccc4)c3)cc2-c2ccc(-c3cccc(-c4nc(-c5ccccc5)nc(-c5ccccc5)n4)c3)cc2C1(C)C. The average Bonchev–Trinajstić information content (AvgIpc) is 0.710. The zero-order valence-corrected chi connectivity index (χ0v) is 64.3. The van der Waals surface area contributed by atoms with E-state index >= 15 is 0 Å². The molecule has 6 nitrogen and oxygen atoms in total.